The van der Waals surface area contributed by atoms with Crippen LogP contribution < -0.4 is 10.9 Å². The van der Waals surface area contributed by atoms with Crippen LogP contribution in [-0.4, -0.2) is 50.1 Å². The highest BCUT2D eigenvalue weighted by Crippen LogP contribution is 2.31. The van der Waals surface area contributed by atoms with E-state index in [9.17, 15) is 15.0 Å². The Kier molecular flexibility index (Phi) is 2.90. The summed E-state index contributed by atoms with van der Waals surface area (Å²) in [7, 11) is 0. The molecule has 0 aromatic carbocycles. The fourth-order valence-corrected chi connectivity index (χ4v) is 2.64. The molecule has 2 aromatic rings. The molecule has 4 atom stereocenters. The molecule has 7 heteroatoms. The predicted molar refractivity (Wildman–Crippen MR) is 67.7 cm³/mol. The first-order valence-corrected chi connectivity index (χ1v) is 6.05. The molecule has 0 aliphatic carbocycles. The second-order valence-corrected chi connectivity index (χ2v) is 4.75. The number of aliphatic hydroxyl groups excluding tert-OH is 3. The number of aromatic nitrogens is 2. The van der Waals surface area contributed by atoms with Crippen LogP contribution in [0.1, 0.15) is 11.6 Å². The van der Waals surface area contributed by atoms with E-state index in [0.717, 1.165) is 0 Å². The van der Waals surface area contributed by atoms with Gasteiger partial charge in [0, 0.05) is 17.8 Å². The zero-order valence-electron chi connectivity index (χ0n) is 10.00. The number of fused-ring (bicyclic) bond motifs is 1. The highest BCUT2D eigenvalue weighted by atomic mass is 16.3. The van der Waals surface area contributed by atoms with Crippen LogP contribution in [0.15, 0.2) is 23.3 Å². The first-order chi connectivity index (χ1) is 9.13. The van der Waals surface area contributed by atoms with Gasteiger partial charge in [-0.05, 0) is 11.6 Å². The van der Waals surface area contributed by atoms with Crippen LogP contribution in [0.5, 0.6) is 0 Å². The monoisotopic (exact) mass is 265 g/mol. The van der Waals surface area contributed by atoms with Gasteiger partial charge in [-0.2, -0.15) is 0 Å². The van der Waals surface area contributed by atoms with Crippen molar-refractivity contribution in [2.75, 3.05) is 6.61 Å². The summed E-state index contributed by atoms with van der Waals surface area (Å²) in [5, 5.41) is 32.6. The Morgan fingerprint density at radius 1 is 1.21 bits per heavy atom. The summed E-state index contributed by atoms with van der Waals surface area (Å²) in [5.41, 5.74) is 0.882. The minimum Gasteiger partial charge on any atom is -0.395 e. The SMILES string of the molecule is O=c1[nH]ccc2c(C3NC(CO)C(O)C3O)c[nH]c12. The Hall–Kier alpha value is -1.67. The van der Waals surface area contributed by atoms with E-state index in [2.05, 4.69) is 15.3 Å². The predicted octanol–water partition coefficient (Wildman–Crippen LogP) is -1.42. The van der Waals surface area contributed by atoms with Gasteiger partial charge in [-0.1, -0.05) is 0 Å². The minimum absolute atomic E-state index is 0.240. The van der Waals surface area contributed by atoms with E-state index in [1.807, 2.05) is 0 Å². The lowest BCUT2D eigenvalue weighted by Gasteiger charge is -2.15. The maximum atomic E-state index is 11.6. The lowest BCUT2D eigenvalue weighted by Crippen LogP contribution is -2.35. The van der Waals surface area contributed by atoms with Gasteiger partial charge in [0.2, 0.25) is 0 Å². The quantitative estimate of drug-likeness (QED) is 0.398. The number of aliphatic hydroxyl groups is 3. The summed E-state index contributed by atoms with van der Waals surface area (Å²) in [5.74, 6) is 0. The van der Waals surface area contributed by atoms with Gasteiger partial charge in [0.15, 0.2) is 0 Å². The number of H-pyrrole nitrogens is 2. The molecule has 0 saturated carbocycles. The van der Waals surface area contributed by atoms with Crippen molar-refractivity contribution in [2.24, 2.45) is 0 Å². The van der Waals surface area contributed by atoms with Crippen molar-refractivity contribution < 1.29 is 15.3 Å². The third-order valence-corrected chi connectivity index (χ3v) is 3.67. The van der Waals surface area contributed by atoms with Gasteiger partial charge in [0.1, 0.15) is 11.6 Å². The second-order valence-electron chi connectivity index (χ2n) is 4.75. The summed E-state index contributed by atoms with van der Waals surface area (Å²) >= 11 is 0. The fourth-order valence-electron chi connectivity index (χ4n) is 2.64. The smallest absolute Gasteiger partial charge is 0.272 e. The van der Waals surface area contributed by atoms with Crippen LogP contribution in [0.3, 0.4) is 0 Å². The molecule has 3 heterocycles. The molecule has 1 aliphatic heterocycles. The third-order valence-electron chi connectivity index (χ3n) is 3.67. The highest BCUT2D eigenvalue weighted by Gasteiger charge is 2.42. The average Bonchev–Trinajstić information content (AvgIpc) is 2.94. The van der Waals surface area contributed by atoms with Crippen LogP contribution in [0.2, 0.25) is 0 Å². The highest BCUT2D eigenvalue weighted by molar-refractivity contribution is 5.82. The summed E-state index contributed by atoms with van der Waals surface area (Å²) in [6, 6.07) is 0.630. The van der Waals surface area contributed by atoms with Crippen molar-refractivity contribution in [3.63, 3.8) is 0 Å². The molecular formula is C12H15N3O4. The molecule has 0 bridgehead atoms. The van der Waals surface area contributed by atoms with Crippen molar-refractivity contribution in [1.29, 1.82) is 0 Å². The topological polar surface area (TPSA) is 121 Å². The molecule has 7 nitrogen and oxygen atoms in total. The molecule has 19 heavy (non-hydrogen) atoms. The van der Waals surface area contributed by atoms with Gasteiger partial charge < -0.3 is 30.6 Å². The Balaban J connectivity index is 2.06. The molecule has 0 spiro atoms. The van der Waals surface area contributed by atoms with Crippen molar-refractivity contribution >= 4 is 10.9 Å². The zero-order valence-corrected chi connectivity index (χ0v) is 10.00. The van der Waals surface area contributed by atoms with E-state index < -0.39 is 24.3 Å². The van der Waals surface area contributed by atoms with Crippen molar-refractivity contribution in [1.82, 2.24) is 15.3 Å². The van der Waals surface area contributed by atoms with Gasteiger partial charge in [-0.15, -0.1) is 0 Å². The van der Waals surface area contributed by atoms with Crippen LogP contribution >= 0.6 is 0 Å². The number of hydrogen-bond donors (Lipinski definition) is 6. The zero-order chi connectivity index (χ0) is 13.6. The largest absolute Gasteiger partial charge is 0.395 e. The van der Waals surface area contributed by atoms with Crippen molar-refractivity contribution in [2.45, 2.75) is 24.3 Å². The molecule has 1 fully saturated rings. The molecule has 102 valence electrons. The van der Waals surface area contributed by atoms with E-state index in [1.54, 1.807) is 12.3 Å². The van der Waals surface area contributed by atoms with E-state index in [-0.39, 0.29) is 12.2 Å². The van der Waals surface area contributed by atoms with E-state index in [4.69, 9.17) is 5.11 Å². The van der Waals surface area contributed by atoms with Gasteiger partial charge >= 0.3 is 0 Å². The number of aromatic amines is 2. The molecule has 2 aromatic heterocycles. The standard InChI is InChI=1S/C12H15N3O4/c16-4-7-10(17)11(18)8(15-7)6-3-14-9-5(6)1-2-13-12(9)19/h1-3,7-8,10-11,14-18H,4H2,(H,13,19). The van der Waals surface area contributed by atoms with E-state index in [1.165, 1.54) is 6.20 Å². The molecule has 1 saturated heterocycles. The van der Waals surface area contributed by atoms with Crippen LogP contribution in [0.25, 0.3) is 10.9 Å². The molecule has 3 rings (SSSR count). The number of pyridine rings is 1. The first-order valence-electron chi connectivity index (χ1n) is 6.05. The van der Waals surface area contributed by atoms with Crippen LogP contribution in [-0.2, 0) is 0 Å². The Labute approximate surface area is 107 Å². The molecule has 0 radical (unpaired) electrons. The first kappa shape index (κ1) is 12.4. The number of rotatable bonds is 2. The van der Waals surface area contributed by atoms with Gasteiger partial charge in [0.25, 0.3) is 5.56 Å². The van der Waals surface area contributed by atoms with Crippen LogP contribution in [0.4, 0.5) is 0 Å². The molecule has 0 amide bonds. The average molecular weight is 265 g/mol. The van der Waals surface area contributed by atoms with Crippen molar-refractivity contribution in [3.8, 4) is 0 Å². The molecule has 4 unspecified atom stereocenters. The van der Waals surface area contributed by atoms with Crippen LogP contribution in [0, 0.1) is 0 Å². The van der Waals surface area contributed by atoms with Crippen molar-refractivity contribution in [3.05, 3.63) is 34.4 Å². The van der Waals surface area contributed by atoms with E-state index >= 15 is 0 Å². The molecule has 6 N–H and O–H groups in total. The Morgan fingerprint density at radius 3 is 2.68 bits per heavy atom. The van der Waals surface area contributed by atoms with E-state index in [0.29, 0.717) is 16.5 Å². The maximum Gasteiger partial charge on any atom is 0.272 e. The lowest BCUT2D eigenvalue weighted by atomic mass is 10.0. The summed E-state index contributed by atoms with van der Waals surface area (Å²) in [4.78, 5) is 17.0. The third kappa shape index (κ3) is 1.79. The summed E-state index contributed by atoms with van der Waals surface area (Å²) in [6.07, 6.45) is 1.09. The number of hydrogen-bond acceptors (Lipinski definition) is 5. The fraction of sp³-hybridized carbons (Fsp3) is 0.417. The molecule has 1 aliphatic rings. The Bertz CT molecular complexity index is 650. The lowest BCUT2D eigenvalue weighted by molar-refractivity contribution is 0.0196. The van der Waals surface area contributed by atoms with Gasteiger partial charge in [0.05, 0.1) is 24.8 Å². The molecular weight excluding hydrogens is 250 g/mol. The second kappa shape index (κ2) is 4.46. The Morgan fingerprint density at radius 2 is 2.00 bits per heavy atom. The maximum absolute atomic E-state index is 11.6. The summed E-state index contributed by atoms with van der Waals surface area (Å²) < 4.78 is 0. The van der Waals surface area contributed by atoms with Gasteiger partial charge in [-0.25, -0.2) is 0 Å². The van der Waals surface area contributed by atoms with Gasteiger partial charge in [-0.3, -0.25) is 4.79 Å². The summed E-state index contributed by atoms with van der Waals surface area (Å²) in [6.45, 7) is -0.266. The number of nitrogens with one attached hydrogen (secondary N) is 3. The minimum atomic E-state index is -1.04. The normalized spacial score (nSPS) is 31.1.